The summed E-state index contributed by atoms with van der Waals surface area (Å²) in [4.78, 5) is 13.5. The Labute approximate surface area is 126 Å². The second kappa shape index (κ2) is 7.04. The van der Waals surface area contributed by atoms with E-state index in [1.54, 1.807) is 6.07 Å². The van der Waals surface area contributed by atoms with Gasteiger partial charge >= 0.3 is 6.03 Å². The Morgan fingerprint density at radius 1 is 1.55 bits per heavy atom. The lowest BCUT2D eigenvalue weighted by Crippen LogP contribution is -2.40. The van der Waals surface area contributed by atoms with E-state index in [0.717, 1.165) is 23.0 Å². The van der Waals surface area contributed by atoms with Crippen LogP contribution in [0.4, 0.5) is 9.18 Å². The molecule has 0 aliphatic carbocycles. The van der Waals surface area contributed by atoms with E-state index in [0.29, 0.717) is 19.6 Å². The Kier molecular flexibility index (Phi) is 5.37. The van der Waals surface area contributed by atoms with Gasteiger partial charge in [0, 0.05) is 36.7 Å². The molecule has 110 valence electrons. The lowest BCUT2D eigenvalue weighted by molar-refractivity contribution is 0.208. The molecule has 4 nitrogen and oxygen atoms in total. The predicted molar refractivity (Wildman–Crippen MR) is 80.0 cm³/mol. The largest absolute Gasteiger partial charge is 0.338 e. The Hall–Kier alpha value is -1.14. The first-order chi connectivity index (χ1) is 9.60. The molecule has 1 fully saturated rings. The van der Waals surface area contributed by atoms with Gasteiger partial charge in [0.2, 0.25) is 0 Å². The second-order valence-corrected chi connectivity index (χ2v) is 5.74. The van der Waals surface area contributed by atoms with E-state index in [1.165, 1.54) is 12.1 Å². The van der Waals surface area contributed by atoms with Crippen LogP contribution in [-0.4, -0.2) is 36.6 Å². The van der Waals surface area contributed by atoms with Crippen molar-refractivity contribution in [1.82, 2.24) is 15.5 Å². The highest BCUT2D eigenvalue weighted by atomic mass is 79.9. The van der Waals surface area contributed by atoms with Crippen molar-refractivity contribution in [3.8, 4) is 0 Å². The predicted octanol–water partition coefficient (Wildman–Crippen LogP) is 2.48. The summed E-state index contributed by atoms with van der Waals surface area (Å²) in [6, 6.07) is 4.91. The fourth-order valence-corrected chi connectivity index (χ4v) is 2.69. The summed E-state index contributed by atoms with van der Waals surface area (Å²) in [5, 5.41) is 6.18. The molecule has 0 aromatic heterocycles. The summed E-state index contributed by atoms with van der Waals surface area (Å²) < 4.78 is 14.1. The average Bonchev–Trinajstić information content (AvgIpc) is 2.89. The van der Waals surface area contributed by atoms with Gasteiger partial charge in [-0.1, -0.05) is 15.9 Å². The van der Waals surface area contributed by atoms with Gasteiger partial charge in [0.25, 0.3) is 0 Å². The molecule has 0 unspecified atom stereocenters. The SMILES string of the molecule is CCNC(=O)N1CC[C@H](NCc2cc(F)ccc2Br)C1. The highest BCUT2D eigenvalue weighted by Gasteiger charge is 2.25. The van der Waals surface area contributed by atoms with Crippen molar-refractivity contribution < 1.29 is 9.18 Å². The number of nitrogens with one attached hydrogen (secondary N) is 2. The molecule has 1 aliphatic rings. The van der Waals surface area contributed by atoms with Gasteiger partial charge in [0.15, 0.2) is 0 Å². The third-order valence-corrected chi connectivity index (χ3v) is 4.17. The first-order valence-electron chi connectivity index (χ1n) is 6.80. The van der Waals surface area contributed by atoms with Crippen molar-refractivity contribution in [2.75, 3.05) is 19.6 Å². The topological polar surface area (TPSA) is 44.4 Å². The molecular formula is C14H19BrFN3O. The maximum absolute atomic E-state index is 13.2. The molecule has 2 N–H and O–H groups in total. The van der Waals surface area contributed by atoms with Crippen LogP contribution in [0.25, 0.3) is 0 Å². The number of carbonyl (C=O) groups is 1. The molecule has 0 spiro atoms. The lowest BCUT2D eigenvalue weighted by atomic mass is 10.2. The Morgan fingerprint density at radius 3 is 3.10 bits per heavy atom. The molecule has 0 radical (unpaired) electrons. The van der Waals surface area contributed by atoms with Gasteiger partial charge in [-0.15, -0.1) is 0 Å². The molecule has 1 atom stereocenters. The summed E-state index contributed by atoms with van der Waals surface area (Å²) in [5.74, 6) is -0.236. The van der Waals surface area contributed by atoms with Gasteiger partial charge in [-0.25, -0.2) is 9.18 Å². The molecule has 6 heteroatoms. The number of rotatable bonds is 4. The van der Waals surface area contributed by atoms with Crippen LogP contribution in [0.5, 0.6) is 0 Å². The highest BCUT2D eigenvalue weighted by molar-refractivity contribution is 9.10. The number of benzene rings is 1. The smallest absolute Gasteiger partial charge is 0.317 e. The maximum Gasteiger partial charge on any atom is 0.317 e. The van der Waals surface area contributed by atoms with Gasteiger partial charge in [-0.3, -0.25) is 0 Å². The molecule has 1 aromatic rings. The van der Waals surface area contributed by atoms with Crippen LogP contribution in [0.15, 0.2) is 22.7 Å². The fourth-order valence-electron chi connectivity index (χ4n) is 2.31. The first kappa shape index (κ1) is 15.3. The van der Waals surface area contributed by atoms with Gasteiger partial charge < -0.3 is 15.5 Å². The van der Waals surface area contributed by atoms with E-state index in [9.17, 15) is 9.18 Å². The van der Waals surface area contributed by atoms with Crippen molar-refractivity contribution in [1.29, 1.82) is 0 Å². The van der Waals surface area contributed by atoms with E-state index in [1.807, 2.05) is 11.8 Å². The molecule has 2 rings (SSSR count). The number of likely N-dealkylation sites (tertiary alicyclic amines) is 1. The van der Waals surface area contributed by atoms with Gasteiger partial charge in [0.05, 0.1) is 0 Å². The third kappa shape index (κ3) is 3.93. The number of amides is 2. The van der Waals surface area contributed by atoms with E-state index >= 15 is 0 Å². The summed E-state index contributed by atoms with van der Waals surface area (Å²) >= 11 is 3.41. The number of urea groups is 1. The average molecular weight is 344 g/mol. The zero-order valence-electron chi connectivity index (χ0n) is 11.5. The number of hydrogen-bond donors (Lipinski definition) is 2. The Bertz CT molecular complexity index is 483. The third-order valence-electron chi connectivity index (χ3n) is 3.39. The molecule has 0 saturated carbocycles. The molecule has 1 saturated heterocycles. The van der Waals surface area contributed by atoms with Crippen molar-refractivity contribution in [2.24, 2.45) is 0 Å². The zero-order chi connectivity index (χ0) is 14.5. The highest BCUT2D eigenvalue weighted by Crippen LogP contribution is 2.18. The van der Waals surface area contributed by atoms with Crippen LogP contribution >= 0.6 is 15.9 Å². The van der Waals surface area contributed by atoms with Crippen molar-refractivity contribution in [3.63, 3.8) is 0 Å². The standard InChI is InChI=1S/C14H19BrFN3O/c1-2-17-14(20)19-6-5-12(9-19)18-8-10-7-11(16)3-4-13(10)15/h3-4,7,12,18H,2,5-6,8-9H2,1H3,(H,17,20)/t12-/m0/s1. The van der Waals surface area contributed by atoms with Gasteiger partial charge in [-0.05, 0) is 37.1 Å². The van der Waals surface area contributed by atoms with Crippen LogP contribution < -0.4 is 10.6 Å². The number of halogens is 2. The van der Waals surface area contributed by atoms with Crippen LogP contribution in [0.1, 0.15) is 18.9 Å². The van der Waals surface area contributed by atoms with Crippen LogP contribution in [0.3, 0.4) is 0 Å². The molecule has 2 amide bonds. The summed E-state index contributed by atoms with van der Waals surface area (Å²) in [6.45, 7) is 4.59. The monoisotopic (exact) mass is 343 g/mol. The normalized spacial score (nSPS) is 18.4. The van der Waals surface area contributed by atoms with Gasteiger partial charge in [0.1, 0.15) is 5.82 Å². The minimum Gasteiger partial charge on any atom is -0.338 e. The molecule has 20 heavy (non-hydrogen) atoms. The lowest BCUT2D eigenvalue weighted by Gasteiger charge is -2.17. The number of nitrogens with zero attached hydrogens (tertiary/aromatic N) is 1. The Morgan fingerprint density at radius 2 is 2.35 bits per heavy atom. The summed E-state index contributed by atoms with van der Waals surface area (Å²) in [7, 11) is 0. The van der Waals surface area contributed by atoms with Crippen molar-refractivity contribution in [3.05, 3.63) is 34.1 Å². The maximum atomic E-state index is 13.2. The zero-order valence-corrected chi connectivity index (χ0v) is 13.0. The van der Waals surface area contributed by atoms with E-state index in [2.05, 4.69) is 26.6 Å². The first-order valence-corrected chi connectivity index (χ1v) is 7.59. The van der Waals surface area contributed by atoms with Crippen molar-refractivity contribution >= 4 is 22.0 Å². The van der Waals surface area contributed by atoms with Crippen LogP contribution in [0.2, 0.25) is 0 Å². The minimum absolute atomic E-state index is 0.0104. The molecule has 1 heterocycles. The van der Waals surface area contributed by atoms with Crippen LogP contribution in [0, 0.1) is 5.82 Å². The Balaban J connectivity index is 1.84. The minimum atomic E-state index is -0.236. The van der Waals surface area contributed by atoms with Crippen molar-refractivity contribution in [2.45, 2.75) is 25.9 Å². The van der Waals surface area contributed by atoms with E-state index < -0.39 is 0 Å². The van der Waals surface area contributed by atoms with E-state index in [-0.39, 0.29) is 17.9 Å². The quantitative estimate of drug-likeness (QED) is 0.882. The van der Waals surface area contributed by atoms with Crippen LogP contribution in [-0.2, 0) is 6.54 Å². The molecule has 1 aliphatic heterocycles. The van der Waals surface area contributed by atoms with E-state index in [4.69, 9.17) is 0 Å². The van der Waals surface area contributed by atoms with Gasteiger partial charge in [-0.2, -0.15) is 0 Å². The number of hydrogen-bond acceptors (Lipinski definition) is 2. The fraction of sp³-hybridized carbons (Fsp3) is 0.500. The molecule has 1 aromatic carbocycles. The molecular weight excluding hydrogens is 325 g/mol. The molecule has 0 bridgehead atoms. The second-order valence-electron chi connectivity index (χ2n) is 4.88. The summed E-state index contributed by atoms with van der Waals surface area (Å²) in [6.07, 6.45) is 0.921. The summed E-state index contributed by atoms with van der Waals surface area (Å²) in [5.41, 5.74) is 0.890. The number of carbonyl (C=O) groups excluding carboxylic acids is 1.